The molecule has 1 aliphatic carbocycles. The molecule has 1 aliphatic heterocycles. The van der Waals surface area contributed by atoms with Gasteiger partial charge in [-0.2, -0.15) is 0 Å². The van der Waals surface area contributed by atoms with Crippen molar-refractivity contribution >= 4 is 34.7 Å². The third-order valence-corrected chi connectivity index (χ3v) is 6.45. The highest BCUT2D eigenvalue weighted by Crippen LogP contribution is 2.37. The van der Waals surface area contributed by atoms with Crippen molar-refractivity contribution in [1.29, 1.82) is 0 Å². The summed E-state index contributed by atoms with van der Waals surface area (Å²) in [7, 11) is 0. The van der Waals surface area contributed by atoms with E-state index in [1.165, 1.54) is 11.3 Å². The standard InChI is InChI=1S/C16H18N4O2S2/c1-9-14(24-19-18-9)16(22)20-8-2-3-11(20)12-6-7-13(23-12)15(21)17-10-4-5-10/h6-7,10-11H,2-5,8H2,1H3,(H,17,21). The molecule has 2 amide bonds. The van der Waals surface area contributed by atoms with Crippen LogP contribution in [0.4, 0.5) is 0 Å². The van der Waals surface area contributed by atoms with Gasteiger partial charge in [0.1, 0.15) is 4.88 Å². The van der Waals surface area contributed by atoms with Gasteiger partial charge in [-0.3, -0.25) is 9.59 Å². The van der Waals surface area contributed by atoms with Crippen LogP contribution in [0.15, 0.2) is 12.1 Å². The number of likely N-dealkylation sites (tertiary alicyclic amines) is 1. The fourth-order valence-electron chi connectivity index (χ4n) is 3.00. The van der Waals surface area contributed by atoms with E-state index in [1.54, 1.807) is 0 Å². The lowest BCUT2D eigenvalue weighted by atomic mass is 10.2. The highest BCUT2D eigenvalue weighted by Gasteiger charge is 2.34. The van der Waals surface area contributed by atoms with Gasteiger partial charge in [-0.05, 0) is 56.3 Å². The minimum absolute atomic E-state index is 0.00221. The molecule has 126 valence electrons. The maximum Gasteiger partial charge on any atom is 0.268 e. The number of nitrogens with one attached hydrogen (secondary N) is 1. The van der Waals surface area contributed by atoms with Crippen LogP contribution in [0.5, 0.6) is 0 Å². The zero-order chi connectivity index (χ0) is 16.7. The van der Waals surface area contributed by atoms with Gasteiger partial charge in [0.2, 0.25) is 0 Å². The first-order valence-corrected chi connectivity index (χ1v) is 9.73. The maximum atomic E-state index is 12.8. The second-order valence-corrected chi connectivity index (χ2v) is 8.16. The van der Waals surface area contributed by atoms with E-state index in [0.717, 1.165) is 53.5 Å². The first-order valence-electron chi connectivity index (χ1n) is 8.14. The molecule has 0 aromatic carbocycles. The molecule has 1 atom stereocenters. The fraction of sp³-hybridized carbons (Fsp3) is 0.500. The first-order chi connectivity index (χ1) is 11.6. The van der Waals surface area contributed by atoms with Crippen LogP contribution in [0.3, 0.4) is 0 Å². The Kier molecular flexibility index (Phi) is 4.09. The predicted octanol–water partition coefficient (Wildman–Crippen LogP) is 2.78. The van der Waals surface area contributed by atoms with Gasteiger partial charge in [0.15, 0.2) is 0 Å². The second kappa shape index (κ2) is 6.25. The van der Waals surface area contributed by atoms with E-state index in [0.29, 0.717) is 16.6 Å². The molecule has 0 radical (unpaired) electrons. The SMILES string of the molecule is Cc1nnsc1C(=O)N1CCCC1c1ccc(C(=O)NC2CC2)s1. The highest BCUT2D eigenvalue weighted by molar-refractivity contribution is 7.14. The van der Waals surface area contributed by atoms with Crippen molar-refractivity contribution in [3.8, 4) is 0 Å². The average molecular weight is 362 g/mol. The van der Waals surface area contributed by atoms with Gasteiger partial charge >= 0.3 is 0 Å². The van der Waals surface area contributed by atoms with Crippen molar-refractivity contribution < 1.29 is 9.59 Å². The van der Waals surface area contributed by atoms with E-state index in [4.69, 9.17) is 0 Å². The number of carbonyl (C=O) groups is 2. The predicted molar refractivity (Wildman–Crippen MR) is 92.5 cm³/mol. The highest BCUT2D eigenvalue weighted by atomic mass is 32.1. The van der Waals surface area contributed by atoms with Gasteiger partial charge in [-0.25, -0.2) is 0 Å². The zero-order valence-corrected chi connectivity index (χ0v) is 15.0. The van der Waals surface area contributed by atoms with Gasteiger partial charge in [0.25, 0.3) is 11.8 Å². The van der Waals surface area contributed by atoms with E-state index in [2.05, 4.69) is 14.9 Å². The maximum absolute atomic E-state index is 12.8. The summed E-state index contributed by atoms with van der Waals surface area (Å²) in [5.41, 5.74) is 0.686. The van der Waals surface area contributed by atoms with Crippen molar-refractivity contribution in [3.63, 3.8) is 0 Å². The number of aryl methyl sites for hydroxylation is 1. The Hall–Kier alpha value is -1.80. The summed E-state index contributed by atoms with van der Waals surface area (Å²) in [6.07, 6.45) is 4.07. The van der Waals surface area contributed by atoms with Crippen LogP contribution in [0, 0.1) is 6.92 Å². The quantitative estimate of drug-likeness (QED) is 0.907. The van der Waals surface area contributed by atoms with E-state index in [1.807, 2.05) is 24.0 Å². The molecule has 3 heterocycles. The Balaban J connectivity index is 1.52. The second-order valence-electron chi connectivity index (χ2n) is 6.29. The van der Waals surface area contributed by atoms with Crippen LogP contribution in [0.1, 0.15) is 61.6 Å². The summed E-state index contributed by atoms with van der Waals surface area (Å²) in [4.78, 5) is 29.3. The molecule has 2 aromatic heterocycles. The molecule has 2 aliphatic rings. The molecule has 4 rings (SSSR count). The molecule has 0 spiro atoms. The van der Waals surface area contributed by atoms with Crippen LogP contribution < -0.4 is 5.32 Å². The Morgan fingerprint density at radius 3 is 2.83 bits per heavy atom. The summed E-state index contributed by atoms with van der Waals surface area (Å²) in [5.74, 6) is 0.00880. The van der Waals surface area contributed by atoms with E-state index >= 15 is 0 Å². The summed E-state index contributed by atoms with van der Waals surface area (Å²) in [5, 5.41) is 6.95. The smallest absolute Gasteiger partial charge is 0.268 e. The van der Waals surface area contributed by atoms with Crippen molar-refractivity contribution in [1.82, 2.24) is 19.8 Å². The lowest BCUT2D eigenvalue weighted by Crippen LogP contribution is -2.30. The number of amides is 2. The molecule has 2 aromatic rings. The minimum atomic E-state index is 0.00221. The van der Waals surface area contributed by atoms with Crippen LogP contribution >= 0.6 is 22.9 Å². The van der Waals surface area contributed by atoms with Crippen molar-refractivity contribution in [2.75, 3.05) is 6.54 Å². The number of aromatic nitrogens is 2. The third-order valence-electron chi connectivity index (χ3n) is 4.45. The summed E-state index contributed by atoms with van der Waals surface area (Å²) >= 11 is 2.65. The minimum Gasteiger partial charge on any atom is -0.349 e. The lowest BCUT2D eigenvalue weighted by Gasteiger charge is -2.23. The van der Waals surface area contributed by atoms with Crippen molar-refractivity contribution in [2.24, 2.45) is 0 Å². The van der Waals surface area contributed by atoms with Crippen molar-refractivity contribution in [2.45, 2.75) is 44.7 Å². The lowest BCUT2D eigenvalue weighted by molar-refractivity contribution is 0.0741. The van der Waals surface area contributed by atoms with Crippen LogP contribution in [0.25, 0.3) is 0 Å². The molecule has 24 heavy (non-hydrogen) atoms. The largest absolute Gasteiger partial charge is 0.349 e. The molecule has 1 N–H and O–H groups in total. The molecule has 0 bridgehead atoms. The summed E-state index contributed by atoms with van der Waals surface area (Å²) in [6.45, 7) is 2.55. The number of hydrogen-bond donors (Lipinski definition) is 1. The Morgan fingerprint density at radius 1 is 1.29 bits per heavy atom. The van der Waals surface area contributed by atoms with Crippen LogP contribution in [0.2, 0.25) is 0 Å². The third kappa shape index (κ3) is 2.95. The zero-order valence-electron chi connectivity index (χ0n) is 13.3. The fourth-order valence-corrected chi connectivity index (χ4v) is 4.67. The first kappa shape index (κ1) is 15.7. The molecule has 8 heteroatoms. The normalized spacial score (nSPS) is 20.4. The Labute approximate surface area is 148 Å². The number of carbonyl (C=O) groups excluding carboxylic acids is 2. The average Bonchev–Trinajstić information content (AvgIpc) is 3.01. The van der Waals surface area contributed by atoms with Crippen LogP contribution in [-0.4, -0.2) is 38.9 Å². The van der Waals surface area contributed by atoms with Gasteiger partial charge in [0.05, 0.1) is 16.6 Å². The van der Waals surface area contributed by atoms with E-state index < -0.39 is 0 Å². The van der Waals surface area contributed by atoms with Gasteiger partial charge < -0.3 is 10.2 Å². The summed E-state index contributed by atoms with van der Waals surface area (Å²) in [6, 6.07) is 4.26. The number of rotatable bonds is 4. The van der Waals surface area contributed by atoms with Gasteiger partial charge in [0, 0.05) is 17.5 Å². The number of hydrogen-bond acceptors (Lipinski definition) is 6. The molecular formula is C16H18N4O2S2. The van der Waals surface area contributed by atoms with E-state index in [-0.39, 0.29) is 17.9 Å². The summed E-state index contributed by atoms with van der Waals surface area (Å²) < 4.78 is 3.87. The molecule has 1 saturated heterocycles. The number of thiophene rings is 1. The molecule has 2 fully saturated rings. The molecular weight excluding hydrogens is 344 g/mol. The molecule has 1 saturated carbocycles. The molecule has 6 nitrogen and oxygen atoms in total. The Morgan fingerprint density at radius 2 is 2.12 bits per heavy atom. The van der Waals surface area contributed by atoms with Gasteiger partial charge in [-0.15, -0.1) is 16.4 Å². The van der Waals surface area contributed by atoms with Gasteiger partial charge in [-0.1, -0.05) is 4.49 Å². The topological polar surface area (TPSA) is 75.2 Å². The monoisotopic (exact) mass is 362 g/mol. The Bertz CT molecular complexity index is 781. The van der Waals surface area contributed by atoms with E-state index in [9.17, 15) is 9.59 Å². The van der Waals surface area contributed by atoms with Crippen LogP contribution in [-0.2, 0) is 0 Å². The van der Waals surface area contributed by atoms with Crippen molar-refractivity contribution in [3.05, 3.63) is 32.5 Å². The number of nitrogens with zero attached hydrogens (tertiary/aromatic N) is 3. The molecule has 1 unspecified atom stereocenters.